The molecule has 1 saturated heterocycles. The van der Waals surface area contributed by atoms with Gasteiger partial charge in [0.25, 0.3) is 0 Å². The number of carboxylic acids is 1. The van der Waals surface area contributed by atoms with Crippen LogP contribution in [-0.4, -0.2) is 60.1 Å². The first-order chi connectivity index (χ1) is 9.85. The van der Waals surface area contributed by atoms with Gasteiger partial charge in [-0.15, -0.1) is 0 Å². The normalized spacial score (nSPS) is 18.9. The molecule has 1 aliphatic heterocycles. The van der Waals surface area contributed by atoms with E-state index in [2.05, 4.69) is 10.1 Å². The van der Waals surface area contributed by atoms with Crippen LogP contribution in [0.5, 0.6) is 0 Å². The van der Waals surface area contributed by atoms with Crippen molar-refractivity contribution in [2.75, 3.05) is 20.2 Å². The molecule has 1 unspecified atom stereocenters. The van der Waals surface area contributed by atoms with Crippen LogP contribution in [0.25, 0.3) is 0 Å². The number of nitrogens with one attached hydrogen (secondary N) is 1. The highest BCUT2D eigenvalue weighted by molar-refractivity contribution is 5.84. The second-order valence-corrected chi connectivity index (χ2v) is 4.80. The van der Waals surface area contributed by atoms with Crippen LogP contribution in [0.1, 0.15) is 19.3 Å². The Balaban J connectivity index is 2.52. The number of esters is 1. The monoisotopic (exact) mass is 301 g/mol. The molecule has 0 radical (unpaired) electrons. The number of methoxy groups -OCH3 is 1. The van der Waals surface area contributed by atoms with Gasteiger partial charge in [-0.3, -0.25) is 9.59 Å². The maximum absolute atomic E-state index is 11.9. The predicted molar refractivity (Wildman–Crippen MR) is 70.1 cm³/mol. The van der Waals surface area contributed by atoms with Gasteiger partial charge >= 0.3 is 18.0 Å². The Kier molecular flexibility index (Phi) is 5.94. The van der Waals surface area contributed by atoms with Gasteiger partial charge < -0.3 is 25.8 Å². The summed E-state index contributed by atoms with van der Waals surface area (Å²) in [4.78, 5) is 46.4. The standard InChI is InChI=1S/C12H19N3O6/c1-21-11(19)7-4-5-15(6-7)12(20)14-8(10(17)18)2-3-9(13)16/h7-8H,2-6H2,1H3,(H2,13,16)(H,14,20)(H,17,18)/t7?,8-/m0/s1. The molecule has 0 saturated carbocycles. The second-order valence-electron chi connectivity index (χ2n) is 4.80. The molecule has 0 spiro atoms. The van der Waals surface area contributed by atoms with Gasteiger partial charge in [0.1, 0.15) is 6.04 Å². The molecule has 1 fully saturated rings. The number of urea groups is 1. The maximum Gasteiger partial charge on any atom is 0.326 e. The fourth-order valence-electron chi connectivity index (χ4n) is 2.09. The van der Waals surface area contributed by atoms with E-state index in [9.17, 15) is 19.2 Å². The van der Waals surface area contributed by atoms with E-state index < -0.39 is 35.8 Å². The quantitative estimate of drug-likeness (QED) is 0.533. The van der Waals surface area contributed by atoms with Crippen LogP contribution in [0.4, 0.5) is 4.79 Å². The zero-order chi connectivity index (χ0) is 16.0. The van der Waals surface area contributed by atoms with Crippen LogP contribution in [0.3, 0.4) is 0 Å². The summed E-state index contributed by atoms with van der Waals surface area (Å²) in [6, 6.07) is -1.78. The Labute approximate surface area is 121 Å². The lowest BCUT2D eigenvalue weighted by molar-refractivity contribution is -0.145. The van der Waals surface area contributed by atoms with Crippen molar-refractivity contribution in [2.45, 2.75) is 25.3 Å². The molecule has 0 aromatic carbocycles. The van der Waals surface area contributed by atoms with Gasteiger partial charge in [0.2, 0.25) is 5.91 Å². The fraction of sp³-hybridized carbons (Fsp3) is 0.667. The minimum absolute atomic E-state index is 0.0787. The highest BCUT2D eigenvalue weighted by Crippen LogP contribution is 2.17. The summed E-state index contributed by atoms with van der Waals surface area (Å²) in [6.07, 6.45) is 0.256. The number of hydrogen-bond donors (Lipinski definition) is 3. The third kappa shape index (κ3) is 4.93. The maximum atomic E-state index is 11.9. The molecule has 0 aliphatic carbocycles. The summed E-state index contributed by atoms with van der Waals surface area (Å²) in [7, 11) is 1.27. The number of likely N-dealkylation sites (tertiary alicyclic amines) is 1. The minimum Gasteiger partial charge on any atom is -0.480 e. The highest BCUT2D eigenvalue weighted by atomic mass is 16.5. The summed E-state index contributed by atoms with van der Waals surface area (Å²) in [5.74, 6) is -2.67. The molecule has 2 atom stereocenters. The van der Waals surface area contributed by atoms with Gasteiger partial charge in [0, 0.05) is 19.5 Å². The fourth-order valence-corrected chi connectivity index (χ4v) is 2.09. The molecule has 0 aromatic heterocycles. The van der Waals surface area contributed by atoms with Gasteiger partial charge in [-0.2, -0.15) is 0 Å². The summed E-state index contributed by atoms with van der Waals surface area (Å²) < 4.78 is 4.60. The Morgan fingerprint density at radius 2 is 2.10 bits per heavy atom. The van der Waals surface area contributed by atoms with E-state index in [4.69, 9.17) is 10.8 Å². The van der Waals surface area contributed by atoms with E-state index in [1.54, 1.807) is 0 Å². The Bertz CT molecular complexity index is 439. The molecule has 1 rings (SSSR count). The Hall–Kier alpha value is -2.32. The number of amides is 3. The van der Waals surface area contributed by atoms with Crippen molar-refractivity contribution in [2.24, 2.45) is 11.7 Å². The summed E-state index contributed by atoms with van der Waals surface area (Å²) in [5, 5.41) is 11.3. The van der Waals surface area contributed by atoms with E-state index in [1.807, 2.05) is 0 Å². The number of carboxylic acid groups (broad SMARTS) is 1. The molecule has 9 heteroatoms. The lowest BCUT2D eigenvalue weighted by Crippen LogP contribution is -2.47. The van der Waals surface area contributed by atoms with Gasteiger partial charge in [-0.1, -0.05) is 0 Å². The molecule has 118 valence electrons. The van der Waals surface area contributed by atoms with Gasteiger partial charge in [-0.25, -0.2) is 9.59 Å². The third-order valence-corrected chi connectivity index (χ3v) is 3.29. The largest absolute Gasteiger partial charge is 0.480 e. The number of carbonyl (C=O) groups is 4. The highest BCUT2D eigenvalue weighted by Gasteiger charge is 2.33. The third-order valence-electron chi connectivity index (χ3n) is 3.29. The first-order valence-electron chi connectivity index (χ1n) is 6.49. The number of hydrogen-bond acceptors (Lipinski definition) is 5. The van der Waals surface area contributed by atoms with Crippen molar-refractivity contribution in [3.8, 4) is 0 Å². The lowest BCUT2D eigenvalue weighted by Gasteiger charge is -2.20. The zero-order valence-electron chi connectivity index (χ0n) is 11.7. The summed E-state index contributed by atoms with van der Waals surface area (Å²) >= 11 is 0. The van der Waals surface area contributed by atoms with Gasteiger partial charge in [0.05, 0.1) is 13.0 Å². The van der Waals surface area contributed by atoms with Crippen molar-refractivity contribution in [1.29, 1.82) is 0 Å². The van der Waals surface area contributed by atoms with Crippen LogP contribution < -0.4 is 11.1 Å². The number of nitrogens with two attached hydrogens (primary N) is 1. The number of primary amides is 1. The van der Waals surface area contributed by atoms with Crippen molar-refractivity contribution in [3.05, 3.63) is 0 Å². The molecular weight excluding hydrogens is 282 g/mol. The number of carbonyl (C=O) groups excluding carboxylic acids is 3. The van der Waals surface area contributed by atoms with Crippen LogP contribution in [0, 0.1) is 5.92 Å². The smallest absolute Gasteiger partial charge is 0.326 e. The van der Waals surface area contributed by atoms with Crippen LogP contribution in [0.2, 0.25) is 0 Å². The van der Waals surface area contributed by atoms with Gasteiger partial charge in [0.15, 0.2) is 0 Å². The predicted octanol–water partition coefficient (Wildman–Crippen LogP) is -1.09. The SMILES string of the molecule is COC(=O)C1CCN(C(=O)N[C@@H](CCC(N)=O)C(=O)O)C1. The van der Waals surface area contributed by atoms with Gasteiger partial charge in [-0.05, 0) is 12.8 Å². The van der Waals surface area contributed by atoms with Crippen LogP contribution in [-0.2, 0) is 19.1 Å². The van der Waals surface area contributed by atoms with Crippen LogP contribution in [0.15, 0.2) is 0 Å². The second kappa shape index (κ2) is 7.46. The molecule has 1 heterocycles. The summed E-state index contributed by atoms with van der Waals surface area (Å²) in [5.41, 5.74) is 4.95. The lowest BCUT2D eigenvalue weighted by atomic mass is 10.1. The van der Waals surface area contributed by atoms with E-state index in [0.717, 1.165) is 0 Å². The van der Waals surface area contributed by atoms with Crippen molar-refractivity contribution in [3.63, 3.8) is 0 Å². The minimum atomic E-state index is -1.24. The summed E-state index contributed by atoms with van der Waals surface area (Å²) in [6.45, 7) is 0.522. The molecule has 21 heavy (non-hydrogen) atoms. The molecule has 9 nitrogen and oxygen atoms in total. The Morgan fingerprint density at radius 3 is 2.62 bits per heavy atom. The number of rotatable bonds is 6. The van der Waals surface area contributed by atoms with Crippen LogP contribution >= 0.6 is 0 Å². The van der Waals surface area contributed by atoms with Crippen molar-refractivity contribution < 1.29 is 29.0 Å². The van der Waals surface area contributed by atoms with E-state index in [0.29, 0.717) is 13.0 Å². The van der Waals surface area contributed by atoms with E-state index in [1.165, 1.54) is 12.0 Å². The first-order valence-corrected chi connectivity index (χ1v) is 6.49. The molecular formula is C12H19N3O6. The Morgan fingerprint density at radius 1 is 1.43 bits per heavy atom. The number of ether oxygens (including phenoxy) is 1. The topological polar surface area (TPSA) is 139 Å². The molecule has 4 N–H and O–H groups in total. The number of nitrogens with zero attached hydrogens (tertiary/aromatic N) is 1. The molecule has 1 aliphatic rings. The van der Waals surface area contributed by atoms with E-state index >= 15 is 0 Å². The van der Waals surface area contributed by atoms with Crippen molar-refractivity contribution >= 4 is 23.9 Å². The average molecular weight is 301 g/mol. The molecule has 0 aromatic rings. The number of aliphatic carboxylic acids is 1. The first kappa shape index (κ1) is 16.7. The molecule has 0 bridgehead atoms. The molecule has 3 amide bonds. The van der Waals surface area contributed by atoms with E-state index in [-0.39, 0.29) is 19.4 Å². The average Bonchev–Trinajstić information content (AvgIpc) is 2.91. The van der Waals surface area contributed by atoms with Crippen molar-refractivity contribution in [1.82, 2.24) is 10.2 Å². The zero-order valence-corrected chi connectivity index (χ0v) is 11.7.